The third kappa shape index (κ3) is 2.88. The SMILES string of the molecule is O=C(OCc1cc(-c2cccs2)on1)c1nc2ccccc2s1. The highest BCUT2D eigenvalue weighted by atomic mass is 32.1. The predicted molar refractivity (Wildman–Crippen MR) is 88.6 cm³/mol. The van der Waals surface area contributed by atoms with Crippen LogP contribution in [0.2, 0.25) is 0 Å². The molecule has 0 atom stereocenters. The normalized spacial score (nSPS) is 11.0. The first kappa shape index (κ1) is 14.1. The summed E-state index contributed by atoms with van der Waals surface area (Å²) in [5.74, 6) is 0.220. The van der Waals surface area contributed by atoms with Gasteiger partial charge in [-0.25, -0.2) is 9.78 Å². The summed E-state index contributed by atoms with van der Waals surface area (Å²) in [6.45, 7) is 0.0592. The number of ether oxygens (including phenoxy) is 1. The average molecular weight is 342 g/mol. The number of nitrogens with zero attached hydrogens (tertiary/aromatic N) is 2. The first-order valence-electron chi connectivity index (χ1n) is 6.82. The Balaban J connectivity index is 1.45. The molecule has 0 aliphatic rings. The molecule has 0 unspecified atom stereocenters. The second-order valence-corrected chi connectivity index (χ2v) is 6.70. The second-order valence-electron chi connectivity index (χ2n) is 4.72. The van der Waals surface area contributed by atoms with Crippen LogP contribution in [0, 0.1) is 0 Å². The lowest BCUT2D eigenvalue weighted by Crippen LogP contribution is -2.04. The molecule has 114 valence electrons. The van der Waals surface area contributed by atoms with E-state index in [9.17, 15) is 4.79 Å². The maximum Gasteiger partial charge on any atom is 0.367 e. The minimum Gasteiger partial charge on any atom is -0.454 e. The van der Waals surface area contributed by atoms with Gasteiger partial charge in [0.1, 0.15) is 12.3 Å². The van der Waals surface area contributed by atoms with Crippen LogP contribution in [0.15, 0.2) is 52.4 Å². The number of carbonyl (C=O) groups excluding carboxylic acids is 1. The smallest absolute Gasteiger partial charge is 0.367 e. The molecule has 3 aromatic heterocycles. The van der Waals surface area contributed by atoms with Gasteiger partial charge in [0.25, 0.3) is 0 Å². The molecule has 4 rings (SSSR count). The van der Waals surface area contributed by atoms with Crippen molar-refractivity contribution in [1.82, 2.24) is 10.1 Å². The highest BCUT2D eigenvalue weighted by Crippen LogP contribution is 2.26. The van der Waals surface area contributed by atoms with Crippen molar-refractivity contribution in [2.24, 2.45) is 0 Å². The van der Waals surface area contributed by atoms with Gasteiger partial charge >= 0.3 is 5.97 Å². The highest BCUT2D eigenvalue weighted by molar-refractivity contribution is 7.20. The third-order valence-corrected chi connectivity index (χ3v) is 5.04. The van der Waals surface area contributed by atoms with Gasteiger partial charge in [-0.15, -0.1) is 22.7 Å². The molecule has 0 fully saturated rings. The van der Waals surface area contributed by atoms with Gasteiger partial charge in [0, 0.05) is 6.07 Å². The number of fused-ring (bicyclic) bond motifs is 1. The number of thiophene rings is 1. The first-order chi connectivity index (χ1) is 11.3. The highest BCUT2D eigenvalue weighted by Gasteiger charge is 2.15. The fourth-order valence-corrected chi connectivity index (χ4v) is 3.61. The number of hydrogen-bond acceptors (Lipinski definition) is 7. The topological polar surface area (TPSA) is 65.2 Å². The van der Waals surface area contributed by atoms with Crippen molar-refractivity contribution < 1.29 is 14.1 Å². The largest absolute Gasteiger partial charge is 0.454 e. The third-order valence-electron chi connectivity index (χ3n) is 3.14. The van der Waals surface area contributed by atoms with Gasteiger partial charge in [-0.05, 0) is 23.6 Å². The van der Waals surface area contributed by atoms with E-state index >= 15 is 0 Å². The van der Waals surface area contributed by atoms with E-state index in [1.807, 2.05) is 41.8 Å². The van der Waals surface area contributed by atoms with E-state index in [4.69, 9.17) is 9.26 Å². The van der Waals surface area contributed by atoms with Crippen molar-refractivity contribution in [3.8, 4) is 10.6 Å². The van der Waals surface area contributed by atoms with Gasteiger partial charge in [0.2, 0.25) is 5.01 Å². The monoisotopic (exact) mass is 342 g/mol. The molecule has 3 heterocycles. The molecule has 0 bridgehead atoms. The molecule has 0 radical (unpaired) electrons. The van der Waals surface area contributed by atoms with Crippen LogP contribution in [0.1, 0.15) is 15.5 Å². The molecule has 1 aromatic carbocycles. The lowest BCUT2D eigenvalue weighted by Gasteiger charge is -1.97. The summed E-state index contributed by atoms with van der Waals surface area (Å²) in [4.78, 5) is 17.4. The number of rotatable bonds is 4. The summed E-state index contributed by atoms with van der Waals surface area (Å²) in [6, 6.07) is 13.3. The lowest BCUT2D eigenvalue weighted by molar-refractivity contribution is 0.0464. The minimum absolute atomic E-state index is 0.0592. The molecule has 0 N–H and O–H groups in total. The summed E-state index contributed by atoms with van der Waals surface area (Å²) < 4.78 is 11.5. The summed E-state index contributed by atoms with van der Waals surface area (Å²) in [7, 11) is 0. The van der Waals surface area contributed by atoms with Gasteiger partial charge in [-0.3, -0.25) is 0 Å². The quantitative estimate of drug-likeness (QED) is 0.515. The average Bonchev–Trinajstić information content (AvgIpc) is 3.31. The Morgan fingerprint density at radius 2 is 2.13 bits per heavy atom. The summed E-state index contributed by atoms with van der Waals surface area (Å²) in [6.07, 6.45) is 0. The Morgan fingerprint density at radius 1 is 1.22 bits per heavy atom. The van der Waals surface area contributed by atoms with Crippen LogP contribution < -0.4 is 0 Å². The Bertz CT molecular complexity index is 924. The molecule has 4 aromatic rings. The zero-order valence-corrected chi connectivity index (χ0v) is 13.4. The van der Waals surface area contributed by atoms with E-state index in [0.717, 1.165) is 15.1 Å². The van der Waals surface area contributed by atoms with Crippen LogP contribution in [0.25, 0.3) is 20.9 Å². The Morgan fingerprint density at radius 3 is 2.96 bits per heavy atom. The van der Waals surface area contributed by atoms with E-state index in [2.05, 4.69) is 10.1 Å². The first-order valence-corrected chi connectivity index (χ1v) is 8.51. The van der Waals surface area contributed by atoms with E-state index in [0.29, 0.717) is 16.5 Å². The Labute approximate surface area is 139 Å². The number of carbonyl (C=O) groups is 1. The van der Waals surface area contributed by atoms with E-state index in [-0.39, 0.29) is 6.61 Å². The number of aromatic nitrogens is 2. The Hall–Kier alpha value is -2.51. The van der Waals surface area contributed by atoms with Gasteiger partial charge < -0.3 is 9.26 Å². The zero-order chi connectivity index (χ0) is 15.6. The van der Waals surface area contributed by atoms with Crippen LogP contribution in [-0.4, -0.2) is 16.1 Å². The fourth-order valence-electron chi connectivity index (χ4n) is 2.08. The lowest BCUT2D eigenvalue weighted by atomic mass is 10.3. The summed E-state index contributed by atoms with van der Waals surface area (Å²) in [5, 5.41) is 6.22. The molecule has 0 spiro atoms. The van der Waals surface area contributed by atoms with Gasteiger partial charge in [-0.1, -0.05) is 23.4 Å². The van der Waals surface area contributed by atoms with Crippen molar-refractivity contribution in [3.63, 3.8) is 0 Å². The predicted octanol–water partition coefficient (Wildman–Crippen LogP) is 4.37. The molecule has 5 nitrogen and oxygen atoms in total. The summed E-state index contributed by atoms with van der Waals surface area (Å²) >= 11 is 2.88. The number of benzene rings is 1. The van der Waals surface area contributed by atoms with Crippen LogP contribution in [0.4, 0.5) is 0 Å². The van der Waals surface area contributed by atoms with Crippen LogP contribution >= 0.6 is 22.7 Å². The fraction of sp³-hybridized carbons (Fsp3) is 0.0625. The van der Waals surface area contributed by atoms with Crippen molar-refractivity contribution >= 4 is 38.9 Å². The van der Waals surface area contributed by atoms with Gasteiger partial charge in [0.05, 0.1) is 15.1 Å². The van der Waals surface area contributed by atoms with E-state index in [1.54, 1.807) is 17.4 Å². The molecule has 0 amide bonds. The van der Waals surface area contributed by atoms with Gasteiger partial charge in [-0.2, -0.15) is 0 Å². The van der Waals surface area contributed by atoms with Crippen LogP contribution in [-0.2, 0) is 11.3 Å². The molecule has 7 heteroatoms. The van der Waals surface area contributed by atoms with Crippen molar-refractivity contribution in [2.75, 3.05) is 0 Å². The van der Waals surface area contributed by atoms with Crippen molar-refractivity contribution in [2.45, 2.75) is 6.61 Å². The minimum atomic E-state index is -0.452. The van der Waals surface area contributed by atoms with Crippen LogP contribution in [0.3, 0.4) is 0 Å². The van der Waals surface area contributed by atoms with Crippen LogP contribution in [0.5, 0.6) is 0 Å². The molecule has 0 aliphatic carbocycles. The summed E-state index contributed by atoms with van der Waals surface area (Å²) in [5.41, 5.74) is 1.37. The second kappa shape index (κ2) is 5.94. The molecular formula is C16H10N2O3S2. The van der Waals surface area contributed by atoms with Crippen molar-refractivity contribution in [1.29, 1.82) is 0 Å². The number of para-hydroxylation sites is 1. The van der Waals surface area contributed by atoms with Gasteiger partial charge in [0.15, 0.2) is 5.76 Å². The molecular weight excluding hydrogens is 332 g/mol. The molecule has 23 heavy (non-hydrogen) atoms. The van der Waals surface area contributed by atoms with E-state index in [1.165, 1.54) is 11.3 Å². The van der Waals surface area contributed by atoms with E-state index < -0.39 is 5.97 Å². The molecule has 0 saturated carbocycles. The maximum absolute atomic E-state index is 12.1. The Kier molecular flexibility index (Phi) is 3.64. The maximum atomic E-state index is 12.1. The molecule has 0 aliphatic heterocycles. The number of esters is 1. The number of hydrogen-bond donors (Lipinski definition) is 0. The number of thiazole rings is 1. The standard InChI is InChI=1S/C16H10N2O3S2/c19-16(15-17-11-4-1-2-5-13(11)23-15)20-9-10-8-12(21-18-10)14-6-3-7-22-14/h1-8H,9H2. The van der Waals surface area contributed by atoms with Crippen molar-refractivity contribution in [3.05, 3.63) is 58.5 Å². The molecule has 0 saturated heterocycles. The zero-order valence-electron chi connectivity index (χ0n) is 11.8.